The van der Waals surface area contributed by atoms with Gasteiger partial charge in [-0.25, -0.2) is 0 Å². The highest BCUT2D eigenvalue weighted by atomic mass is 32.1. The van der Waals surface area contributed by atoms with Gasteiger partial charge in [-0.1, -0.05) is 44.1 Å². The van der Waals surface area contributed by atoms with Crippen LogP contribution in [0.3, 0.4) is 0 Å². The third kappa shape index (κ3) is 5.65. The first-order valence-electron chi connectivity index (χ1n) is 11.0. The highest BCUT2D eigenvalue weighted by Gasteiger charge is 2.24. The summed E-state index contributed by atoms with van der Waals surface area (Å²) in [7, 11) is 0. The molecule has 0 radical (unpaired) electrons. The second-order valence-electron chi connectivity index (χ2n) is 9.40. The van der Waals surface area contributed by atoms with E-state index < -0.39 is 0 Å². The van der Waals surface area contributed by atoms with Crippen LogP contribution in [0.2, 0.25) is 0 Å². The van der Waals surface area contributed by atoms with Crippen molar-refractivity contribution in [3.63, 3.8) is 0 Å². The second-order valence-corrected chi connectivity index (χ2v) is 10.4. The van der Waals surface area contributed by atoms with Crippen molar-refractivity contribution in [3.8, 4) is 0 Å². The van der Waals surface area contributed by atoms with E-state index >= 15 is 0 Å². The largest absolute Gasteiger partial charge is 0.359 e. The Hall–Kier alpha value is -2.93. The summed E-state index contributed by atoms with van der Waals surface area (Å²) >= 11 is 1.60. The van der Waals surface area contributed by atoms with E-state index in [2.05, 4.69) is 31.2 Å². The first-order valence-corrected chi connectivity index (χ1v) is 11.8. The fourth-order valence-electron chi connectivity index (χ4n) is 3.42. The van der Waals surface area contributed by atoms with Gasteiger partial charge in [-0.15, -0.1) is 11.3 Å². The molecule has 1 saturated carbocycles. The molecular formula is C25H29N3O3S. The van der Waals surface area contributed by atoms with Crippen molar-refractivity contribution < 1.29 is 14.1 Å². The Balaban J connectivity index is 1.49. The van der Waals surface area contributed by atoms with E-state index in [0.717, 1.165) is 4.88 Å². The van der Waals surface area contributed by atoms with Crippen LogP contribution in [0.1, 0.15) is 70.7 Å². The summed E-state index contributed by atoms with van der Waals surface area (Å²) in [6, 6.07) is 13.4. The van der Waals surface area contributed by atoms with Crippen LogP contribution in [-0.4, -0.2) is 28.4 Å². The van der Waals surface area contributed by atoms with Gasteiger partial charge in [0.1, 0.15) is 0 Å². The number of benzene rings is 1. The molecule has 4 rings (SSSR count). The summed E-state index contributed by atoms with van der Waals surface area (Å²) in [6.45, 7) is 7.82. The van der Waals surface area contributed by atoms with E-state index in [4.69, 9.17) is 4.52 Å². The quantitative estimate of drug-likeness (QED) is 0.522. The SMILES string of the molecule is CC(C)(C)c1ccc(C(=O)N(Cc2cc(C(=O)NCC3CC3)no2)Cc2cccs2)cc1. The number of thiophene rings is 1. The molecule has 2 heterocycles. The van der Waals surface area contributed by atoms with Gasteiger partial charge in [0.05, 0.1) is 13.1 Å². The molecule has 0 spiro atoms. The Kier molecular flexibility index (Phi) is 6.46. The molecule has 0 atom stereocenters. The van der Waals surface area contributed by atoms with Gasteiger partial charge in [0.15, 0.2) is 11.5 Å². The number of carbonyl (C=O) groups is 2. The minimum atomic E-state index is -0.235. The molecule has 1 N–H and O–H groups in total. The Morgan fingerprint density at radius 2 is 1.91 bits per heavy atom. The molecule has 1 fully saturated rings. The molecule has 0 unspecified atom stereocenters. The molecule has 6 nitrogen and oxygen atoms in total. The number of amides is 2. The first kappa shape index (κ1) is 22.3. The average molecular weight is 452 g/mol. The van der Waals surface area contributed by atoms with Gasteiger partial charge in [-0.05, 0) is 53.3 Å². The monoisotopic (exact) mass is 451 g/mol. The smallest absolute Gasteiger partial charge is 0.273 e. The van der Waals surface area contributed by atoms with Gasteiger partial charge in [0, 0.05) is 23.1 Å². The number of hydrogen-bond acceptors (Lipinski definition) is 5. The highest BCUT2D eigenvalue weighted by Crippen LogP contribution is 2.27. The molecule has 2 aromatic heterocycles. The molecule has 1 aliphatic rings. The molecule has 1 aromatic carbocycles. The zero-order chi connectivity index (χ0) is 22.7. The minimum Gasteiger partial charge on any atom is -0.359 e. The van der Waals surface area contributed by atoms with Crippen LogP contribution in [0, 0.1) is 5.92 Å². The van der Waals surface area contributed by atoms with Crippen LogP contribution in [0.4, 0.5) is 0 Å². The Morgan fingerprint density at radius 3 is 2.53 bits per heavy atom. The Labute approximate surface area is 192 Å². The number of nitrogens with zero attached hydrogens (tertiary/aromatic N) is 2. The summed E-state index contributed by atoms with van der Waals surface area (Å²) in [4.78, 5) is 28.4. The normalized spacial score (nSPS) is 13.7. The number of carbonyl (C=O) groups excluding carboxylic acids is 2. The summed E-state index contributed by atoms with van der Waals surface area (Å²) in [5, 5.41) is 8.80. The Morgan fingerprint density at radius 1 is 1.16 bits per heavy atom. The van der Waals surface area contributed by atoms with Crippen LogP contribution >= 0.6 is 11.3 Å². The molecule has 0 saturated heterocycles. The standard InChI is InChI=1S/C25H29N3O3S/c1-25(2,3)19-10-8-18(9-11-19)24(30)28(16-21-5-4-12-32-21)15-20-13-22(27-31-20)23(29)26-14-17-6-7-17/h4-5,8-13,17H,6-7,14-16H2,1-3H3,(H,26,29). The maximum Gasteiger partial charge on any atom is 0.273 e. The van der Waals surface area contributed by atoms with Crippen LogP contribution in [-0.2, 0) is 18.5 Å². The third-order valence-electron chi connectivity index (χ3n) is 5.60. The van der Waals surface area contributed by atoms with Crippen LogP contribution in [0.5, 0.6) is 0 Å². The van der Waals surface area contributed by atoms with E-state index in [1.807, 2.05) is 41.8 Å². The van der Waals surface area contributed by atoms with E-state index in [9.17, 15) is 9.59 Å². The zero-order valence-electron chi connectivity index (χ0n) is 18.8. The molecule has 2 amide bonds. The van der Waals surface area contributed by atoms with E-state index in [0.29, 0.717) is 30.3 Å². The number of nitrogens with one attached hydrogen (secondary N) is 1. The zero-order valence-corrected chi connectivity index (χ0v) is 19.6. The van der Waals surface area contributed by atoms with Crippen molar-refractivity contribution >= 4 is 23.2 Å². The number of hydrogen-bond donors (Lipinski definition) is 1. The summed E-state index contributed by atoms with van der Waals surface area (Å²) < 4.78 is 5.41. The van der Waals surface area contributed by atoms with Gasteiger partial charge in [-0.3, -0.25) is 9.59 Å². The molecule has 168 valence electrons. The molecule has 3 aromatic rings. The summed E-state index contributed by atoms with van der Waals surface area (Å²) in [5.41, 5.74) is 2.07. The third-order valence-corrected chi connectivity index (χ3v) is 6.46. The van der Waals surface area contributed by atoms with Crippen molar-refractivity contribution in [3.05, 3.63) is 75.3 Å². The fourth-order valence-corrected chi connectivity index (χ4v) is 4.14. The van der Waals surface area contributed by atoms with Gasteiger partial charge in [0.2, 0.25) is 0 Å². The summed E-state index contributed by atoms with van der Waals surface area (Å²) in [5.74, 6) is 0.752. The van der Waals surface area contributed by atoms with Gasteiger partial charge in [0.25, 0.3) is 11.8 Å². The molecule has 32 heavy (non-hydrogen) atoms. The minimum absolute atomic E-state index is 0.0224. The molecular weight excluding hydrogens is 422 g/mol. The van der Waals surface area contributed by atoms with Crippen molar-refractivity contribution in [2.24, 2.45) is 5.92 Å². The Bertz CT molecular complexity index is 1060. The van der Waals surface area contributed by atoms with E-state index in [-0.39, 0.29) is 29.5 Å². The molecule has 0 aliphatic heterocycles. The number of aromatic nitrogens is 1. The van der Waals surface area contributed by atoms with Gasteiger partial charge < -0.3 is 14.7 Å². The molecule has 1 aliphatic carbocycles. The number of rotatable bonds is 8. The predicted molar refractivity (Wildman–Crippen MR) is 125 cm³/mol. The topological polar surface area (TPSA) is 75.4 Å². The van der Waals surface area contributed by atoms with Crippen molar-refractivity contribution in [1.82, 2.24) is 15.4 Å². The van der Waals surface area contributed by atoms with Crippen molar-refractivity contribution in [1.29, 1.82) is 0 Å². The van der Waals surface area contributed by atoms with Crippen LogP contribution in [0.25, 0.3) is 0 Å². The lowest BCUT2D eigenvalue weighted by Gasteiger charge is -2.22. The maximum absolute atomic E-state index is 13.4. The fraction of sp³-hybridized carbons (Fsp3) is 0.400. The lowest BCUT2D eigenvalue weighted by Crippen LogP contribution is -2.30. The average Bonchev–Trinajstić information content (AvgIpc) is 3.23. The first-order chi connectivity index (χ1) is 15.3. The molecule has 0 bridgehead atoms. The van der Waals surface area contributed by atoms with Gasteiger partial charge in [-0.2, -0.15) is 0 Å². The van der Waals surface area contributed by atoms with Gasteiger partial charge >= 0.3 is 0 Å². The van der Waals surface area contributed by atoms with E-state index in [1.54, 1.807) is 22.3 Å². The van der Waals surface area contributed by atoms with Crippen molar-refractivity contribution in [2.75, 3.05) is 6.54 Å². The lowest BCUT2D eigenvalue weighted by molar-refractivity contribution is 0.0714. The van der Waals surface area contributed by atoms with E-state index in [1.165, 1.54) is 18.4 Å². The van der Waals surface area contributed by atoms with Crippen molar-refractivity contribution in [2.45, 2.75) is 52.1 Å². The highest BCUT2D eigenvalue weighted by molar-refractivity contribution is 7.09. The molecule has 7 heteroatoms. The van der Waals surface area contributed by atoms with Crippen LogP contribution < -0.4 is 5.32 Å². The van der Waals surface area contributed by atoms with Crippen LogP contribution in [0.15, 0.2) is 52.4 Å². The second kappa shape index (κ2) is 9.28. The lowest BCUT2D eigenvalue weighted by atomic mass is 9.86. The maximum atomic E-state index is 13.4. The summed E-state index contributed by atoms with van der Waals surface area (Å²) in [6.07, 6.45) is 2.34. The predicted octanol–water partition coefficient (Wildman–Crippen LogP) is 5.02.